The molecular formula is C22H28N6O. The van der Waals surface area contributed by atoms with E-state index < -0.39 is 0 Å². The normalized spacial score (nSPS) is 16.7. The zero-order valence-electron chi connectivity index (χ0n) is 17.2. The highest BCUT2D eigenvalue weighted by Crippen LogP contribution is 2.26. The van der Waals surface area contributed by atoms with Gasteiger partial charge in [-0.05, 0) is 51.5 Å². The smallest absolute Gasteiger partial charge is 0.276 e. The summed E-state index contributed by atoms with van der Waals surface area (Å²) in [6, 6.07) is 12.4. The summed E-state index contributed by atoms with van der Waals surface area (Å²) in [4.78, 5) is 15.1. The number of rotatable bonds is 5. The Labute approximate surface area is 171 Å². The molecule has 4 rings (SSSR count). The summed E-state index contributed by atoms with van der Waals surface area (Å²) in [5.41, 5.74) is 4.21. The Morgan fingerprint density at radius 1 is 1.24 bits per heavy atom. The Balaban J connectivity index is 1.44. The van der Waals surface area contributed by atoms with Crippen LogP contribution < -0.4 is 5.32 Å². The number of carbonyl (C=O) groups is 1. The molecule has 1 fully saturated rings. The van der Waals surface area contributed by atoms with Crippen LogP contribution in [0.2, 0.25) is 0 Å². The molecule has 0 spiro atoms. The number of carbonyl (C=O) groups excluding carboxylic acids is 1. The van der Waals surface area contributed by atoms with Gasteiger partial charge in [0.15, 0.2) is 5.69 Å². The Morgan fingerprint density at radius 2 is 1.97 bits per heavy atom. The largest absolute Gasteiger partial charge is 0.318 e. The maximum Gasteiger partial charge on any atom is 0.276 e. The lowest BCUT2D eigenvalue weighted by Gasteiger charge is -2.29. The molecule has 152 valence electrons. The summed E-state index contributed by atoms with van der Waals surface area (Å²) >= 11 is 0. The molecule has 0 radical (unpaired) electrons. The molecule has 1 amide bonds. The minimum absolute atomic E-state index is 0.138. The predicted molar refractivity (Wildman–Crippen MR) is 113 cm³/mol. The lowest BCUT2D eigenvalue weighted by molar-refractivity contribution is 0.102. The van der Waals surface area contributed by atoms with Gasteiger partial charge in [-0.25, -0.2) is 0 Å². The first-order chi connectivity index (χ1) is 14.0. The highest BCUT2D eigenvalue weighted by atomic mass is 16.2. The van der Waals surface area contributed by atoms with Crippen molar-refractivity contribution >= 4 is 11.6 Å². The third-order valence-corrected chi connectivity index (χ3v) is 5.92. The summed E-state index contributed by atoms with van der Waals surface area (Å²) in [6.07, 6.45) is 3.89. The second-order valence-corrected chi connectivity index (χ2v) is 7.92. The second-order valence-electron chi connectivity index (χ2n) is 7.92. The van der Waals surface area contributed by atoms with E-state index in [0.29, 0.717) is 11.7 Å². The van der Waals surface area contributed by atoms with Crippen LogP contribution in [-0.2, 0) is 0 Å². The van der Waals surface area contributed by atoms with E-state index in [9.17, 15) is 4.79 Å². The number of benzene rings is 1. The van der Waals surface area contributed by atoms with E-state index in [2.05, 4.69) is 56.3 Å². The lowest BCUT2D eigenvalue weighted by atomic mass is 9.98. The SMILES string of the molecule is Cc1c(NC(=O)c2cc(C(C)c3ccccc3)[nH]n2)cnn1C1CCN(C)CC1. The van der Waals surface area contributed by atoms with Crippen molar-refractivity contribution in [2.24, 2.45) is 0 Å². The Hall–Kier alpha value is -2.93. The van der Waals surface area contributed by atoms with Gasteiger partial charge in [0.05, 0.1) is 23.6 Å². The first kappa shape index (κ1) is 19.4. The number of likely N-dealkylation sites (tertiary alicyclic amines) is 1. The fourth-order valence-corrected chi connectivity index (χ4v) is 3.94. The van der Waals surface area contributed by atoms with Gasteiger partial charge in [-0.2, -0.15) is 10.2 Å². The van der Waals surface area contributed by atoms with Gasteiger partial charge in [-0.3, -0.25) is 14.6 Å². The molecule has 0 saturated carbocycles. The van der Waals surface area contributed by atoms with Crippen molar-refractivity contribution < 1.29 is 4.79 Å². The first-order valence-electron chi connectivity index (χ1n) is 10.2. The number of nitrogens with one attached hydrogen (secondary N) is 2. The van der Waals surface area contributed by atoms with Crippen LogP contribution in [0.3, 0.4) is 0 Å². The van der Waals surface area contributed by atoms with Gasteiger partial charge >= 0.3 is 0 Å². The summed E-state index contributed by atoms with van der Waals surface area (Å²) in [5.74, 6) is -0.0852. The molecule has 2 aromatic heterocycles. The highest BCUT2D eigenvalue weighted by molar-refractivity contribution is 6.03. The summed E-state index contributed by atoms with van der Waals surface area (Å²) < 4.78 is 2.05. The molecule has 3 aromatic rings. The molecule has 1 aromatic carbocycles. The molecule has 1 aliphatic rings. The van der Waals surface area contributed by atoms with Gasteiger partial charge < -0.3 is 10.2 Å². The number of anilines is 1. The molecule has 7 nitrogen and oxygen atoms in total. The van der Waals surface area contributed by atoms with Crippen molar-refractivity contribution in [2.75, 3.05) is 25.5 Å². The van der Waals surface area contributed by atoms with Crippen LogP contribution in [0.1, 0.15) is 59.2 Å². The lowest BCUT2D eigenvalue weighted by Crippen LogP contribution is -2.32. The minimum Gasteiger partial charge on any atom is -0.318 e. The van der Waals surface area contributed by atoms with Gasteiger partial charge in [0.25, 0.3) is 5.91 Å². The molecular weight excluding hydrogens is 364 g/mol. The maximum absolute atomic E-state index is 12.7. The number of H-pyrrole nitrogens is 1. The molecule has 0 bridgehead atoms. The maximum atomic E-state index is 12.7. The summed E-state index contributed by atoms with van der Waals surface area (Å²) in [5, 5.41) is 14.7. The van der Waals surface area contributed by atoms with Crippen molar-refractivity contribution in [2.45, 2.75) is 38.6 Å². The molecule has 7 heteroatoms. The number of hydrogen-bond donors (Lipinski definition) is 2. The average Bonchev–Trinajstić information content (AvgIpc) is 3.37. The number of aromatic nitrogens is 4. The third-order valence-electron chi connectivity index (χ3n) is 5.92. The average molecular weight is 393 g/mol. The van der Waals surface area contributed by atoms with Gasteiger partial charge in [-0.15, -0.1) is 0 Å². The van der Waals surface area contributed by atoms with Crippen LogP contribution in [0, 0.1) is 6.92 Å². The van der Waals surface area contributed by atoms with E-state index in [1.165, 1.54) is 5.56 Å². The number of aromatic amines is 1. The van der Waals surface area contributed by atoms with Crippen molar-refractivity contribution in [3.05, 3.63) is 65.2 Å². The number of nitrogens with zero attached hydrogens (tertiary/aromatic N) is 4. The molecule has 3 heterocycles. The summed E-state index contributed by atoms with van der Waals surface area (Å²) in [7, 11) is 2.15. The van der Waals surface area contributed by atoms with Crippen LogP contribution >= 0.6 is 0 Å². The van der Waals surface area contributed by atoms with Crippen LogP contribution in [0.25, 0.3) is 0 Å². The van der Waals surface area contributed by atoms with Crippen LogP contribution in [0.4, 0.5) is 5.69 Å². The second kappa shape index (κ2) is 8.21. The Bertz CT molecular complexity index is 968. The van der Waals surface area contributed by atoms with Gasteiger partial charge in [0, 0.05) is 11.6 Å². The van der Waals surface area contributed by atoms with Crippen LogP contribution in [0.15, 0.2) is 42.6 Å². The van der Waals surface area contributed by atoms with E-state index in [4.69, 9.17) is 0 Å². The zero-order chi connectivity index (χ0) is 20.4. The zero-order valence-corrected chi connectivity index (χ0v) is 17.2. The Kier molecular flexibility index (Phi) is 5.49. The Morgan fingerprint density at radius 3 is 2.69 bits per heavy atom. The number of piperidine rings is 1. The fraction of sp³-hybridized carbons (Fsp3) is 0.409. The molecule has 0 aliphatic carbocycles. The van der Waals surface area contributed by atoms with Crippen molar-refractivity contribution in [1.82, 2.24) is 24.9 Å². The topological polar surface area (TPSA) is 78.8 Å². The van der Waals surface area contributed by atoms with Crippen LogP contribution in [-0.4, -0.2) is 50.9 Å². The van der Waals surface area contributed by atoms with Crippen LogP contribution in [0.5, 0.6) is 0 Å². The van der Waals surface area contributed by atoms with Gasteiger partial charge in [0.2, 0.25) is 0 Å². The highest BCUT2D eigenvalue weighted by Gasteiger charge is 2.22. The van der Waals surface area contributed by atoms with Gasteiger partial charge in [0.1, 0.15) is 0 Å². The molecule has 29 heavy (non-hydrogen) atoms. The molecule has 1 atom stereocenters. The molecule has 1 saturated heterocycles. The predicted octanol–water partition coefficient (Wildman–Crippen LogP) is 3.59. The van der Waals surface area contributed by atoms with E-state index >= 15 is 0 Å². The molecule has 2 N–H and O–H groups in total. The monoisotopic (exact) mass is 392 g/mol. The quantitative estimate of drug-likeness (QED) is 0.696. The van der Waals surface area contributed by atoms with Crippen molar-refractivity contribution in [1.29, 1.82) is 0 Å². The van der Waals surface area contributed by atoms with E-state index in [1.54, 1.807) is 6.20 Å². The first-order valence-corrected chi connectivity index (χ1v) is 10.2. The molecule has 1 aliphatic heterocycles. The number of hydrogen-bond acceptors (Lipinski definition) is 4. The van der Waals surface area contributed by atoms with E-state index in [-0.39, 0.29) is 11.8 Å². The summed E-state index contributed by atoms with van der Waals surface area (Å²) in [6.45, 7) is 6.25. The minimum atomic E-state index is -0.223. The standard InChI is InChI=1S/C22H28N6O/c1-15(17-7-5-4-6-8-17)19-13-20(26-25-19)22(29)24-21-14-23-28(16(21)2)18-9-11-27(3)12-10-18/h4-8,13-15,18H,9-12H2,1-3H3,(H,24,29)(H,25,26). The van der Waals surface area contributed by atoms with Crippen molar-refractivity contribution in [3.63, 3.8) is 0 Å². The van der Waals surface area contributed by atoms with E-state index in [0.717, 1.165) is 43.0 Å². The van der Waals surface area contributed by atoms with Gasteiger partial charge in [-0.1, -0.05) is 37.3 Å². The van der Waals surface area contributed by atoms with E-state index in [1.807, 2.05) is 31.2 Å². The van der Waals surface area contributed by atoms with Crippen molar-refractivity contribution in [3.8, 4) is 0 Å². The fourth-order valence-electron chi connectivity index (χ4n) is 3.94. The third kappa shape index (κ3) is 4.10. The number of amides is 1. The molecule has 1 unspecified atom stereocenters.